The van der Waals surface area contributed by atoms with Crippen molar-refractivity contribution in [2.75, 3.05) is 12.3 Å². The summed E-state index contributed by atoms with van der Waals surface area (Å²) in [4.78, 5) is 0. The third-order valence-electron chi connectivity index (χ3n) is 3.00. The Balaban J connectivity index is 2.09. The molecule has 0 unspecified atom stereocenters. The zero-order chi connectivity index (χ0) is 13.2. The van der Waals surface area contributed by atoms with Gasteiger partial charge in [0.25, 0.3) is 0 Å². The van der Waals surface area contributed by atoms with E-state index in [1.165, 1.54) is 44.2 Å². The van der Waals surface area contributed by atoms with Crippen molar-refractivity contribution in [2.24, 2.45) is 0 Å². The Labute approximate surface area is 109 Å². The first-order valence-electron chi connectivity index (χ1n) is 6.85. The highest BCUT2D eigenvalue weighted by molar-refractivity contribution is 5.46. The minimum atomic E-state index is -0.262. The van der Waals surface area contributed by atoms with Gasteiger partial charge in [-0.25, -0.2) is 4.39 Å². The van der Waals surface area contributed by atoms with Gasteiger partial charge in [0.05, 0.1) is 6.61 Å². The number of rotatable bonds is 9. The molecule has 102 valence electrons. The highest BCUT2D eigenvalue weighted by atomic mass is 19.1. The second kappa shape index (κ2) is 8.92. The molecule has 18 heavy (non-hydrogen) atoms. The molecule has 2 nitrogen and oxygen atoms in total. The predicted molar refractivity (Wildman–Crippen MR) is 73.8 cm³/mol. The number of hydrogen-bond acceptors (Lipinski definition) is 2. The molecule has 0 fully saturated rings. The summed E-state index contributed by atoms with van der Waals surface area (Å²) in [5.74, 6) is -0.262. The van der Waals surface area contributed by atoms with Crippen molar-refractivity contribution < 1.29 is 9.13 Å². The summed E-state index contributed by atoms with van der Waals surface area (Å²) in [5.41, 5.74) is 7.07. The van der Waals surface area contributed by atoms with Crippen LogP contribution in [0.5, 0.6) is 0 Å². The fourth-order valence-electron chi connectivity index (χ4n) is 1.87. The van der Waals surface area contributed by atoms with E-state index in [4.69, 9.17) is 10.5 Å². The van der Waals surface area contributed by atoms with E-state index in [1.807, 2.05) is 0 Å². The zero-order valence-electron chi connectivity index (χ0n) is 11.3. The monoisotopic (exact) mass is 253 g/mol. The molecule has 0 atom stereocenters. The van der Waals surface area contributed by atoms with Crippen molar-refractivity contribution in [3.05, 3.63) is 29.6 Å². The summed E-state index contributed by atoms with van der Waals surface area (Å²) in [6, 6.07) is 4.39. The molecule has 1 rings (SSSR count). The first-order valence-corrected chi connectivity index (χ1v) is 6.85. The summed E-state index contributed by atoms with van der Waals surface area (Å²) in [7, 11) is 0. The number of ether oxygens (including phenoxy) is 1. The average molecular weight is 253 g/mol. The van der Waals surface area contributed by atoms with E-state index in [0.717, 1.165) is 18.6 Å². The molecule has 0 aliphatic carbocycles. The van der Waals surface area contributed by atoms with E-state index >= 15 is 0 Å². The van der Waals surface area contributed by atoms with Gasteiger partial charge in [0.1, 0.15) is 5.82 Å². The number of anilines is 1. The SMILES string of the molecule is CCCCCCCCOCc1cc(F)ccc1N. The lowest BCUT2D eigenvalue weighted by atomic mass is 10.1. The molecular weight excluding hydrogens is 229 g/mol. The first-order chi connectivity index (χ1) is 8.74. The Morgan fingerprint density at radius 2 is 1.83 bits per heavy atom. The lowest BCUT2D eigenvalue weighted by Crippen LogP contribution is -2.00. The van der Waals surface area contributed by atoms with Crippen LogP contribution in [0.2, 0.25) is 0 Å². The molecule has 0 amide bonds. The summed E-state index contributed by atoms with van der Waals surface area (Å²) in [6.45, 7) is 3.34. The van der Waals surface area contributed by atoms with Crippen molar-refractivity contribution in [2.45, 2.75) is 52.1 Å². The maximum Gasteiger partial charge on any atom is 0.123 e. The molecule has 0 aromatic heterocycles. The molecule has 0 radical (unpaired) electrons. The fourth-order valence-corrected chi connectivity index (χ4v) is 1.87. The van der Waals surface area contributed by atoms with Crippen molar-refractivity contribution in [1.29, 1.82) is 0 Å². The van der Waals surface area contributed by atoms with Crippen molar-refractivity contribution in [1.82, 2.24) is 0 Å². The van der Waals surface area contributed by atoms with Crippen LogP contribution in [0.3, 0.4) is 0 Å². The number of nitrogen functional groups attached to an aromatic ring is 1. The van der Waals surface area contributed by atoms with Gasteiger partial charge in [-0.05, 0) is 24.6 Å². The third kappa shape index (κ3) is 6.01. The van der Waals surface area contributed by atoms with Crippen molar-refractivity contribution in [3.8, 4) is 0 Å². The fraction of sp³-hybridized carbons (Fsp3) is 0.600. The number of unbranched alkanes of at least 4 members (excludes halogenated alkanes) is 5. The van der Waals surface area contributed by atoms with Crippen molar-refractivity contribution in [3.63, 3.8) is 0 Å². The molecule has 1 aromatic rings. The van der Waals surface area contributed by atoms with Crippen LogP contribution in [0.15, 0.2) is 18.2 Å². The largest absolute Gasteiger partial charge is 0.398 e. The first kappa shape index (κ1) is 15.0. The predicted octanol–water partition coefficient (Wildman–Crippen LogP) is 4.29. The number of nitrogens with two attached hydrogens (primary N) is 1. The molecule has 0 spiro atoms. The summed E-state index contributed by atoms with van der Waals surface area (Å²) in [6.07, 6.45) is 7.46. The van der Waals surface area contributed by atoms with Crippen LogP contribution in [0.25, 0.3) is 0 Å². The smallest absolute Gasteiger partial charge is 0.123 e. The molecule has 0 saturated carbocycles. The molecule has 0 aliphatic heterocycles. The average Bonchev–Trinajstić information content (AvgIpc) is 2.36. The molecule has 0 saturated heterocycles. The van der Waals surface area contributed by atoms with E-state index in [0.29, 0.717) is 12.3 Å². The standard InChI is InChI=1S/C15H24FNO/c1-2-3-4-5-6-7-10-18-12-13-11-14(16)8-9-15(13)17/h8-9,11H,2-7,10,12,17H2,1H3. The van der Waals surface area contributed by atoms with Gasteiger partial charge in [0.2, 0.25) is 0 Å². The van der Waals surface area contributed by atoms with Crippen molar-refractivity contribution >= 4 is 5.69 Å². The van der Waals surface area contributed by atoms with Gasteiger partial charge in [-0.3, -0.25) is 0 Å². The Kier molecular flexibility index (Phi) is 7.42. The van der Waals surface area contributed by atoms with Crippen LogP contribution in [0.4, 0.5) is 10.1 Å². The lowest BCUT2D eigenvalue weighted by molar-refractivity contribution is 0.117. The second-order valence-electron chi connectivity index (χ2n) is 4.66. The van der Waals surface area contributed by atoms with Crippen LogP contribution >= 0.6 is 0 Å². The number of benzene rings is 1. The van der Waals surface area contributed by atoms with E-state index in [-0.39, 0.29) is 5.82 Å². The third-order valence-corrected chi connectivity index (χ3v) is 3.00. The minimum absolute atomic E-state index is 0.262. The van der Waals surface area contributed by atoms with Gasteiger partial charge < -0.3 is 10.5 Å². The molecule has 1 aromatic carbocycles. The Morgan fingerprint density at radius 3 is 2.61 bits per heavy atom. The van der Waals surface area contributed by atoms with E-state index < -0.39 is 0 Å². The lowest BCUT2D eigenvalue weighted by Gasteiger charge is -2.07. The minimum Gasteiger partial charge on any atom is -0.398 e. The summed E-state index contributed by atoms with van der Waals surface area (Å²) in [5, 5.41) is 0. The zero-order valence-corrected chi connectivity index (χ0v) is 11.3. The van der Waals surface area contributed by atoms with Gasteiger partial charge in [-0.1, -0.05) is 39.0 Å². The molecule has 0 bridgehead atoms. The number of hydrogen-bond donors (Lipinski definition) is 1. The molecule has 2 N–H and O–H groups in total. The maximum absolute atomic E-state index is 13.0. The van der Waals surface area contributed by atoms with E-state index in [9.17, 15) is 4.39 Å². The van der Waals surface area contributed by atoms with E-state index in [2.05, 4.69) is 6.92 Å². The van der Waals surface area contributed by atoms with Gasteiger partial charge in [0, 0.05) is 17.9 Å². The molecule has 0 aliphatic rings. The van der Waals surface area contributed by atoms with Gasteiger partial charge in [-0.2, -0.15) is 0 Å². The second-order valence-corrected chi connectivity index (χ2v) is 4.66. The number of halogens is 1. The molecule has 0 heterocycles. The Bertz CT molecular complexity index is 341. The highest BCUT2D eigenvalue weighted by Gasteiger charge is 2.01. The Morgan fingerprint density at radius 1 is 1.11 bits per heavy atom. The normalized spacial score (nSPS) is 10.8. The van der Waals surface area contributed by atoms with Crippen LogP contribution in [-0.4, -0.2) is 6.61 Å². The highest BCUT2D eigenvalue weighted by Crippen LogP contribution is 2.14. The molecule has 3 heteroatoms. The van der Waals surface area contributed by atoms with Gasteiger partial charge >= 0.3 is 0 Å². The van der Waals surface area contributed by atoms with Gasteiger partial charge in [-0.15, -0.1) is 0 Å². The Hall–Kier alpha value is -1.09. The van der Waals surface area contributed by atoms with E-state index in [1.54, 1.807) is 6.07 Å². The van der Waals surface area contributed by atoms with Crippen LogP contribution in [0.1, 0.15) is 51.0 Å². The summed E-state index contributed by atoms with van der Waals surface area (Å²) >= 11 is 0. The van der Waals surface area contributed by atoms with Crippen LogP contribution in [0, 0.1) is 5.82 Å². The maximum atomic E-state index is 13.0. The summed E-state index contributed by atoms with van der Waals surface area (Å²) < 4.78 is 18.5. The van der Waals surface area contributed by atoms with Crippen LogP contribution in [-0.2, 0) is 11.3 Å². The molecular formula is C15H24FNO. The quantitative estimate of drug-likeness (QED) is 0.526. The van der Waals surface area contributed by atoms with Crippen LogP contribution < -0.4 is 5.73 Å². The topological polar surface area (TPSA) is 35.2 Å². The van der Waals surface area contributed by atoms with Gasteiger partial charge in [0.15, 0.2) is 0 Å².